The van der Waals surface area contributed by atoms with E-state index in [2.05, 4.69) is 5.32 Å². The van der Waals surface area contributed by atoms with Crippen molar-refractivity contribution in [2.75, 3.05) is 17.6 Å². The van der Waals surface area contributed by atoms with Gasteiger partial charge in [-0.1, -0.05) is 26.0 Å². The maximum absolute atomic E-state index is 12.8. The monoisotopic (exact) mass is 349 g/mol. The van der Waals surface area contributed by atoms with E-state index in [1.165, 1.54) is 6.07 Å². The molecule has 1 heterocycles. The van der Waals surface area contributed by atoms with Crippen LogP contribution >= 0.6 is 7.14 Å². The smallest absolute Gasteiger partial charge is 0.372 e. The summed E-state index contributed by atoms with van der Waals surface area (Å²) < 4.78 is 17.9. The Kier molecular flexibility index (Phi) is 5.30. The summed E-state index contributed by atoms with van der Waals surface area (Å²) in [6.07, 6.45) is 1.11. The summed E-state index contributed by atoms with van der Waals surface area (Å²) in [4.78, 5) is 23.2. The third-order valence-electron chi connectivity index (χ3n) is 3.93. The molecule has 24 heavy (non-hydrogen) atoms. The van der Waals surface area contributed by atoms with Gasteiger partial charge in [0.25, 0.3) is 5.91 Å². The molecule has 1 aromatic heterocycles. The first-order chi connectivity index (χ1) is 11.3. The maximum atomic E-state index is 12.8. The van der Waals surface area contributed by atoms with Crippen LogP contribution in [-0.2, 0) is 4.57 Å². The third-order valence-corrected chi connectivity index (χ3v) is 7.19. The Hall–Kier alpha value is -2.33. The summed E-state index contributed by atoms with van der Waals surface area (Å²) in [5, 5.41) is 12.3. The molecule has 2 N–H and O–H groups in total. The molecule has 128 valence electrons. The zero-order chi connectivity index (χ0) is 17.9. The molecular formula is C17H20NO5P. The molecule has 7 heteroatoms. The lowest BCUT2D eigenvalue weighted by atomic mass is 10.2. The number of carbonyl (C=O) groups is 2. The van der Waals surface area contributed by atoms with Crippen molar-refractivity contribution in [3.63, 3.8) is 0 Å². The van der Waals surface area contributed by atoms with Crippen molar-refractivity contribution in [3.8, 4) is 0 Å². The Bertz CT molecular complexity index is 816. The number of amides is 1. The van der Waals surface area contributed by atoms with E-state index in [-0.39, 0.29) is 11.5 Å². The fourth-order valence-corrected chi connectivity index (χ4v) is 4.33. The molecule has 0 unspecified atom stereocenters. The summed E-state index contributed by atoms with van der Waals surface area (Å²) in [5.41, 5.74) is 0.869. The average molecular weight is 349 g/mol. The molecule has 1 amide bonds. The molecule has 1 aromatic carbocycles. The summed E-state index contributed by atoms with van der Waals surface area (Å²) in [5.74, 6) is -2.11. The number of aryl methyl sites for hydroxylation is 1. The molecule has 0 aliphatic heterocycles. The van der Waals surface area contributed by atoms with Gasteiger partial charge in [-0.15, -0.1) is 0 Å². The molecule has 2 aromatic rings. The predicted octanol–water partition coefficient (Wildman–Crippen LogP) is 3.57. The molecule has 0 saturated carbocycles. The van der Waals surface area contributed by atoms with Crippen LogP contribution in [0, 0.1) is 6.92 Å². The topological polar surface area (TPSA) is 96.6 Å². The SMILES string of the molecule is CCP(=O)(CC)c1cccc(NC(=O)c2cc(C)c(C(=O)O)o2)c1. The van der Waals surface area contributed by atoms with Crippen molar-refractivity contribution in [2.45, 2.75) is 20.8 Å². The highest BCUT2D eigenvalue weighted by Crippen LogP contribution is 2.43. The van der Waals surface area contributed by atoms with Crippen molar-refractivity contribution < 1.29 is 23.7 Å². The van der Waals surface area contributed by atoms with Gasteiger partial charge in [0, 0.05) is 28.9 Å². The normalized spacial score (nSPS) is 11.3. The zero-order valence-corrected chi connectivity index (χ0v) is 14.7. The lowest BCUT2D eigenvalue weighted by Crippen LogP contribution is -2.14. The number of hydrogen-bond donors (Lipinski definition) is 2. The summed E-state index contributed by atoms with van der Waals surface area (Å²) >= 11 is 0. The van der Waals surface area contributed by atoms with E-state index < -0.39 is 19.0 Å². The van der Waals surface area contributed by atoms with Crippen molar-refractivity contribution in [3.05, 3.63) is 47.4 Å². The Labute approximate surface area is 140 Å². The van der Waals surface area contributed by atoms with Crippen LogP contribution in [0.1, 0.15) is 40.5 Å². The van der Waals surface area contributed by atoms with Gasteiger partial charge in [0.05, 0.1) is 0 Å². The number of nitrogens with one attached hydrogen (secondary N) is 1. The predicted molar refractivity (Wildman–Crippen MR) is 93.1 cm³/mol. The third kappa shape index (κ3) is 3.60. The molecule has 0 aliphatic carbocycles. The van der Waals surface area contributed by atoms with E-state index in [0.29, 0.717) is 28.9 Å². The molecule has 0 radical (unpaired) electrons. The molecule has 0 spiro atoms. The first kappa shape index (κ1) is 18.0. The summed E-state index contributed by atoms with van der Waals surface area (Å²) in [7, 11) is -2.45. The molecule has 2 rings (SSSR count). The second-order valence-electron chi connectivity index (χ2n) is 5.45. The van der Waals surface area contributed by atoms with Crippen LogP contribution in [0.4, 0.5) is 5.69 Å². The van der Waals surface area contributed by atoms with Gasteiger partial charge < -0.3 is 19.4 Å². The lowest BCUT2D eigenvalue weighted by Gasteiger charge is -2.15. The van der Waals surface area contributed by atoms with Crippen molar-refractivity contribution in [2.24, 2.45) is 0 Å². The van der Waals surface area contributed by atoms with Crippen LogP contribution in [0.5, 0.6) is 0 Å². The van der Waals surface area contributed by atoms with Crippen LogP contribution in [0.3, 0.4) is 0 Å². The highest BCUT2D eigenvalue weighted by atomic mass is 31.2. The number of furan rings is 1. The number of rotatable bonds is 6. The number of carboxylic acids is 1. The van der Waals surface area contributed by atoms with E-state index in [1.807, 2.05) is 13.8 Å². The van der Waals surface area contributed by atoms with E-state index in [1.54, 1.807) is 31.2 Å². The fraction of sp³-hybridized carbons (Fsp3) is 0.294. The van der Waals surface area contributed by atoms with E-state index >= 15 is 0 Å². The van der Waals surface area contributed by atoms with Crippen molar-refractivity contribution in [1.82, 2.24) is 0 Å². The Balaban J connectivity index is 2.25. The Morgan fingerprint density at radius 1 is 1.21 bits per heavy atom. The number of carbonyl (C=O) groups excluding carboxylic acids is 1. The number of anilines is 1. The lowest BCUT2D eigenvalue weighted by molar-refractivity contribution is 0.0659. The highest BCUT2D eigenvalue weighted by Gasteiger charge is 2.22. The minimum absolute atomic E-state index is 0.0792. The first-order valence-corrected chi connectivity index (χ1v) is 9.72. The van der Waals surface area contributed by atoms with E-state index in [4.69, 9.17) is 9.52 Å². The van der Waals surface area contributed by atoms with Crippen LogP contribution in [0.15, 0.2) is 34.7 Å². The second-order valence-corrected chi connectivity index (χ2v) is 9.01. The molecule has 0 aliphatic rings. The van der Waals surface area contributed by atoms with Crippen molar-refractivity contribution >= 4 is 30.0 Å². The number of benzene rings is 1. The highest BCUT2D eigenvalue weighted by molar-refractivity contribution is 7.71. The minimum Gasteiger partial charge on any atom is -0.475 e. The minimum atomic E-state index is -2.45. The number of carboxylic acid groups (broad SMARTS) is 1. The first-order valence-electron chi connectivity index (χ1n) is 7.64. The van der Waals surface area contributed by atoms with E-state index in [0.717, 1.165) is 0 Å². The van der Waals surface area contributed by atoms with E-state index in [9.17, 15) is 14.2 Å². The van der Waals surface area contributed by atoms with Crippen LogP contribution in [0.2, 0.25) is 0 Å². The largest absolute Gasteiger partial charge is 0.475 e. The standard InChI is InChI=1S/C17H20NO5P/c1-4-24(22,5-2)13-8-6-7-12(10-13)18-16(19)14-9-11(3)15(23-14)17(20)21/h6-10H,4-5H2,1-3H3,(H,18,19)(H,20,21). The van der Waals surface area contributed by atoms with Gasteiger partial charge in [-0.25, -0.2) is 4.79 Å². The summed E-state index contributed by atoms with van der Waals surface area (Å²) in [6, 6.07) is 8.29. The van der Waals surface area contributed by atoms with Gasteiger partial charge in [0.1, 0.15) is 7.14 Å². The molecule has 0 saturated heterocycles. The van der Waals surface area contributed by atoms with Gasteiger partial charge in [0.15, 0.2) is 5.76 Å². The molecule has 0 fully saturated rings. The number of aromatic carboxylic acids is 1. The van der Waals surface area contributed by atoms with Crippen LogP contribution in [-0.4, -0.2) is 29.3 Å². The van der Waals surface area contributed by atoms with Gasteiger partial charge in [-0.2, -0.15) is 0 Å². The molecule has 6 nitrogen and oxygen atoms in total. The van der Waals surface area contributed by atoms with Crippen LogP contribution < -0.4 is 10.6 Å². The second kappa shape index (κ2) is 7.05. The average Bonchev–Trinajstić information content (AvgIpc) is 2.96. The van der Waals surface area contributed by atoms with Gasteiger partial charge in [-0.05, 0) is 25.1 Å². The van der Waals surface area contributed by atoms with Crippen LogP contribution in [0.25, 0.3) is 0 Å². The molecule has 0 bridgehead atoms. The maximum Gasteiger partial charge on any atom is 0.372 e. The Morgan fingerprint density at radius 3 is 2.42 bits per heavy atom. The van der Waals surface area contributed by atoms with Gasteiger partial charge >= 0.3 is 5.97 Å². The zero-order valence-electron chi connectivity index (χ0n) is 13.8. The summed E-state index contributed by atoms with van der Waals surface area (Å²) in [6.45, 7) is 5.33. The van der Waals surface area contributed by atoms with Gasteiger partial charge in [0.2, 0.25) is 5.76 Å². The number of hydrogen-bond acceptors (Lipinski definition) is 4. The quantitative estimate of drug-likeness (QED) is 0.777. The van der Waals surface area contributed by atoms with Crippen molar-refractivity contribution in [1.29, 1.82) is 0 Å². The Morgan fingerprint density at radius 2 is 1.88 bits per heavy atom. The molecular weight excluding hydrogens is 329 g/mol. The van der Waals surface area contributed by atoms with Gasteiger partial charge in [-0.3, -0.25) is 4.79 Å². The fourth-order valence-electron chi connectivity index (χ4n) is 2.42. The molecule has 0 atom stereocenters.